The van der Waals surface area contributed by atoms with Crippen LogP contribution in [0, 0.1) is 0 Å². The van der Waals surface area contributed by atoms with Crippen molar-refractivity contribution in [2.45, 2.75) is 32.9 Å². The van der Waals surface area contributed by atoms with E-state index in [0.29, 0.717) is 35.1 Å². The molecule has 0 aliphatic carbocycles. The molecule has 1 aliphatic rings. The summed E-state index contributed by atoms with van der Waals surface area (Å²) in [6, 6.07) is 12.7. The van der Waals surface area contributed by atoms with Crippen LogP contribution < -0.4 is 15.0 Å². The van der Waals surface area contributed by atoms with Gasteiger partial charge in [0.2, 0.25) is 5.91 Å². The van der Waals surface area contributed by atoms with Gasteiger partial charge in [0.15, 0.2) is 6.10 Å². The minimum Gasteiger partial charge on any atom is -0.479 e. The lowest BCUT2D eigenvalue weighted by Gasteiger charge is -2.33. The molecular formula is C19H19ClN2O3. The molecule has 6 heteroatoms. The van der Waals surface area contributed by atoms with E-state index in [1.807, 2.05) is 18.2 Å². The second-order valence-electron chi connectivity index (χ2n) is 5.86. The summed E-state index contributed by atoms with van der Waals surface area (Å²) in [5.74, 6) is 0.370. The minimum absolute atomic E-state index is 0.0889. The lowest BCUT2D eigenvalue weighted by molar-refractivity contribution is -0.125. The number of nitrogens with zero attached hydrogens (tertiary/aromatic N) is 1. The van der Waals surface area contributed by atoms with Gasteiger partial charge < -0.3 is 15.0 Å². The van der Waals surface area contributed by atoms with Crippen molar-refractivity contribution in [1.29, 1.82) is 0 Å². The number of ether oxygens (including phenoxy) is 1. The molecule has 2 amide bonds. The molecular weight excluding hydrogens is 340 g/mol. The largest absolute Gasteiger partial charge is 0.479 e. The van der Waals surface area contributed by atoms with Crippen molar-refractivity contribution < 1.29 is 14.3 Å². The quantitative estimate of drug-likeness (QED) is 0.898. The van der Waals surface area contributed by atoms with E-state index in [0.717, 1.165) is 5.56 Å². The highest BCUT2D eigenvalue weighted by Crippen LogP contribution is 2.37. The van der Waals surface area contributed by atoms with Gasteiger partial charge in [0.05, 0.1) is 12.2 Å². The number of carbonyl (C=O) groups is 2. The van der Waals surface area contributed by atoms with Crippen LogP contribution in [-0.2, 0) is 16.1 Å². The summed E-state index contributed by atoms with van der Waals surface area (Å²) in [7, 11) is 0. The fraction of sp³-hybridized carbons (Fsp3) is 0.263. The highest BCUT2D eigenvalue weighted by molar-refractivity contribution is 6.31. The van der Waals surface area contributed by atoms with E-state index >= 15 is 0 Å². The number of hydrogen-bond acceptors (Lipinski definition) is 3. The molecule has 1 unspecified atom stereocenters. The predicted octanol–water partition coefficient (Wildman–Crippen LogP) is 4.00. The minimum atomic E-state index is -0.578. The first-order valence-electron chi connectivity index (χ1n) is 8.15. The summed E-state index contributed by atoms with van der Waals surface area (Å²) < 4.78 is 5.69. The molecule has 0 radical (unpaired) electrons. The predicted molar refractivity (Wildman–Crippen MR) is 98.1 cm³/mol. The Labute approximate surface area is 151 Å². The molecule has 1 atom stereocenters. The second kappa shape index (κ2) is 7.15. The van der Waals surface area contributed by atoms with Crippen LogP contribution in [0.5, 0.6) is 5.75 Å². The van der Waals surface area contributed by atoms with E-state index in [9.17, 15) is 9.59 Å². The van der Waals surface area contributed by atoms with Gasteiger partial charge in [-0.15, -0.1) is 0 Å². The van der Waals surface area contributed by atoms with E-state index in [1.165, 1.54) is 0 Å². The molecule has 0 aromatic heterocycles. The Bertz CT molecular complexity index is 822. The number of amides is 2. The summed E-state index contributed by atoms with van der Waals surface area (Å²) in [4.78, 5) is 26.0. The number of rotatable bonds is 4. The van der Waals surface area contributed by atoms with Crippen LogP contribution in [0.1, 0.15) is 25.8 Å². The Hall–Kier alpha value is -2.53. The lowest BCUT2D eigenvalue weighted by Crippen LogP contribution is -2.44. The average molecular weight is 359 g/mol. The first-order chi connectivity index (χ1) is 12.0. The van der Waals surface area contributed by atoms with Gasteiger partial charge in [-0.1, -0.05) is 36.7 Å². The summed E-state index contributed by atoms with van der Waals surface area (Å²) in [6.07, 6.45) is -0.196. The summed E-state index contributed by atoms with van der Waals surface area (Å²) in [5.41, 5.74) is 2.10. The molecule has 0 bridgehead atoms. The molecule has 1 aliphatic heterocycles. The molecule has 2 aromatic rings. The van der Waals surface area contributed by atoms with Crippen LogP contribution in [0.15, 0.2) is 42.5 Å². The third kappa shape index (κ3) is 3.61. The average Bonchev–Trinajstić information content (AvgIpc) is 2.61. The summed E-state index contributed by atoms with van der Waals surface area (Å²) >= 11 is 6.25. The van der Waals surface area contributed by atoms with Gasteiger partial charge >= 0.3 is 0 Å². The van der Waals surface area contributed by atoms with Crippen molar-refractivity contribution in [3.8, 4) is 5.75 Å². The van der Waals surface area contributed by atoms with Crippen molar-refractivity contribution in [3.05, 3.63) is 53.1 Å². The maximum absolute atomic E-state index is 12.7. The highest BCUT2D eigenvalue weighted by atomic mass is 35.5. The molecule has 5 nitrogen and oxygen atoms in total. The summed E-state index contributed by atoms with van der Waals surface area (Å²) in [5, 5.41) is 3.41. The first-order valence-corrected chi connectivity index (χ1v) is 8.52. The molecule has 0 saturated carbocycles. The van der Waals surface area contributed by atoms with Gasteiger partial charge in [0.25, 0.3) is 5.91 Å². The van der Waals surface area contributed by atoms with Crippen molar-refractivity contribution in [3.63, 3.8) is 0 Å². The molecule has 25 heavy (non-hydrogen) atoms. The van der Waals surface area contributed by atoms with Crippen LogP contribution >= 0.6 is 11.6 Å². The Morgan fingerprint density at radius 3 is 2.76 bits per heavy atom. The van der Waals surface area contributed by atoms with E-state index < -0.39 is 6.10 Å². The molecule has 0 spiro atoms. The van der Waals surface area contributed by atoms with Gasteiger partial charge in [-0.25, -0.2) is 0 Å². The van der Waals surface area contributed by atoms with E-state index in [-0.39, 0.29) is 11.8 Å². The number of nitrogens with one attached hydrogen (secondary N) is 1. The van der Waals surface area contributed by atoms with Crippen molar-refractivity contribution in [2.24, 2.45) is 0 Å². The first kappa shape index (κ1) is 17.3. The Morgan fingerprint density at radius 2 is 2.04 bits per heavy atom. The number of carbonyl (C=O) groups excluding carboxylic acids is 2. The van der Waals surface area contributed by atoms with E-state index in [1.54, 1.807) is 43.0 Å². The maximum atomic E-state index is 12.7. The van der Waals surface area contributed by atoms with Crippen LogP contribution in [0.4, 0.5) is 11.4 Å². The third-order valence-electron chi connectivity index (χ3n) is 4.06. The molecule has 1 heterocycles. The normalized spacial score (nSPS) is 16.2. The van der Waals surface area contributed by atoms with Crippen molar-refractivity contribution >= 4 is 34.8 Å². The Kier molecular flexibility index (Phi) is 4.95. The standard InChI is InChI=1S/C19H19ClN2O3/c1-3-18(23)21-14-8-9-17-16(10-14)22(19(24)12(2)25-17)11-13-6-4-5-7-15(13)20/h4-10,12H,3,11H2,1-2H3,(H,21,23). The topological polar surface area (TPSA) is 58.6 Å². The van der Waals surface area contributed by atoms with Gasteiger partial charge in [0.1, 0.15) is 5.75 Å². The maximum Gasteiger partial charge on any atom is 0.268 e. The van der Waals surface area contributed by atoms with Crippen molar-refractivity contribution in [1.82, 2.24) is 0 Å². The van der Waals surface area contributed by atoms with Gasteiger partial charge in [-0.05, 0) is 36.8 Å². The van der Waals surface area contributed by atoms with Gasteiger partial charge in [0, 0.05) is 17.1 Å². The molecule has 130 valence electrons. The highest BCUT2D eigenvalue weighted by Gasteiger charge is 2.32. The fourth-order valence-electron chi connectivity index (χ4n) is 2.69. The number of anilines is 2. The zero-order valence-electron chi connectivity index (χ0n) is 14.1. The molecule has 3 rings (SSSR count). The number of benzene rings is 2. The molecule has 1 N–H and O–H groups in total. The Balaban J connectivity index is 1.98. The van der Waals surface area contributed by atoms with Crippen LogP contribution in [0.3, 0.4) is 0 Å². The van der Waals surface area contributed by atoms with Gasteiger partial charge in [-0.3, -0.25) is 9.59 Å². The summed E-state index contributed by atoms with van der Waals surface area (Å²) in [6.45, 7) is 3.84. The van der Waals surface area contributed by atoms with Crippen LogP contribution in [-0.4, -0.2) is 17.9 Å². The smallest absolute Gasteiger partial charge is 0.268 e. The second-order valence-corrected chi connectivity index (χ2v) is 6.27. The zero-order valence-corrected chi connectivity index (χ0v) is 14.8. The fourth-order valence-corrected chi connectivity index (χ4v) is 2.89. The monoisotopic (exact) mass is 358 g/mol. The number of fused-ring (bicyclic) bond motifs is 1. The lowest BCUT2D eigenvalue weighted by atomic mass is 10.1. The third-order valence-corrected chi connectivity index (χ3v) is 4.43. The molecule has 0 saturated heterocycles. The van der Waals surface area contributed by atoms with Crippen LogP contribution in [0.25, 0.3) is 0 Å². The van der Waals surface area contributed by atoms with E-state index in [4.69, 9.17) is 16.3 Å². The van der Waals surface area contributed by atoms with E-state index in [2.05, 4.69) is 5.32 Å². The number of hydrogen-bond donors (Lipinski definition) is 1. The Morgan fingerprint density at radius 1 is 1.28 bits per heavy atom. The molecule has 0 fully saturated rings. The zero-order chi connectivity index (χ0) is 18.0. The number of halogens is 1. The van der Waals surface area contributed by atoms with Gasteiger partial charge in [-0.2, -0.15) is 0 Å². The van der Waals surface area contributed by atoms with Crippen molar-refractivity contribution in [2.75, 3.05) is 10.2 Å². The molecule has 2 aromatic carbocycles. The SMILES string of the molecule is CCC(=O)Nc1ccc2c(c1)N(Cc1ccccc1Cl)C(=O)C(C)O2. The van der Waals surface area contributed by atoms with Crippen LogP contribution in [0.2, 0.25) is 5.02 Å².